The Hall–Kier alpha value is -0.630. The summed E-state index contributed by atoms with van der Waals surface area (Å²) in [6.07, 6.45) is 2.11. The fourth-order valence-electron chi connectivity index (χ4n) is 1.02. The topological polar surface area (TPSA) is 24.4 Å². The van der Waals surface area contributed by atoms with Gasteiger partial charge in [-0.2, -0.15) is 0 Å². The molecule has 1 rings (SSSR count). The third-order valence-corrected chi connectivity index (χ3v) is 1.60. The highest BCUT2D eigenvalue weighted by atomic mass is 14.9. The molecule has 0 bridgehead atoms. The van der Waals surface area contributed by atoms with Crippen molar-refractivity contribution in [2.24, 2.45) is 4.99 Å². The van der Waals surface area contributed by atoms with E-state index >= 15 is 0 Å². The summed E-state index contributed by atoms with van der Waals surface area (Å²) in [4.78, 5) is 4.13. The van der Waals surface area contributed by atoms with Crippen molar-refractivity contribution in [3.63, 3.8) is 0 Å². The predicted molar refractivity (Wildman–Crippen MR) is 40.0 cm³/mol. The average molecular weight is 124 g/mol. The summed E-state index contributed by atoms with van der Waals surface area (Å²) < 4.78 is 0. The molecule has 50 valence electrons. The monoisotopic (exact) mass is 124 g/mol. The van der Waals surface area contributed by atoms with E-state index in [0.717, 1.165) is 13.1 Å². The summed E-state index contributed by atoms with van der Waals surface area (Å²) in [7, 11) is 1.84. The standard InChI is InChI=1S/C7H12N2/c1-3-6-4-9-5-7(6)8-2/h3,9H,4-5H2,1-2H3/b6-3-,8-7-. The number of nitrogens with zero attached hydrogens (tertiary/aromatic N) is 1. The Kier molecular flexibility index (Phi) is 2.01. The van der Waals surface area contributed by atoms with Crippen LogP contribution in [-0.4, -0.2) is 25.8 Å². The molecule has 0 spiro atoms. The highest BCUT2D eigenvalue weighted by molar-refractivity contribution is 6.03. The molecule has 0 aliphatic carbocycles. The maximum absolute atomic E-state index is 4.13. The van der Waals surface area contributed by atoms with Gasteiger partial charge in [-0.1, -0.05) is 6.08 Å². The smallest absolute Gasteiger partial charge is 0.0524 e. The minimum atomic E-state index is 0.941. The molecule has 1 fully saturated rings. The largest absolute Gasteiger partial charge is 0.307 e. The lowest BCUT2D eigenvalue weighted by Crippen LogP contribution is -2.07. The van der Waals surface area contributed by atoms with Gasteiger partial charge in [-0.15, -0.1) is 0 Å². The highest BCUT2D eigenvalue weighted by Crippen LogP contribution is 2.01. The van der Waals surface area contributed by atoms with E-state index in [1.54, 1.807) is 0 Å². The van der Waals surface area contributed by atoms with Crippen LogP contribution >= 0.6 is 0 Å². The molecule has 0 atom stereocenters. The molecule has 2 nitrogen and oxygen atoms in total. The maximum Gasteiger partial charge on any atom is 0.0524 e. The van der Waals surface area contributed by atoms with E-state index in [9.17, 15) is 0 Å². The molecule has 1 aliphatic rings. The second-order valence-electron chi connectivity index (χ2n) is 2.09. The molecule has 0 aromatic carbocycles. The van der Waals surface area contributed by atoms with Crippen molar-refractivity contribution in [3.8, 4) is 0 Å². The molecular weight excluding hydrogens is 112 g/mol. The average Bonchev–Trinajstić information content (AvgIpc) is 2.33. The number of nitrogens with one attached hydrogen (secondary N) is 1. The van der Waals surface area contributed by atoms with E-state index in [1.807, 2.05) is 14.0 Å². The van der Waals surface area contributed by atoms with Gasteiger partial charge in [0.15, 0.2) is 0 Å². The Morgan fingerprint density at radius 1 is 1.56 bits per heavy atom. The Bertz CT molecular complexity index is 138. The molecule has 0 aromatic rings. The first-order valence-corrected chi connectivity index (χ1v) is 3.20. The van der Waals surface area contributed by atoms with Crippen LogP contribution in [0.4, 0.5) is 0 Å². The number of hydrogen-bond donors (Lipinski definition) is 1. The van der Waals surface area contributed by atoms with Gasteiger partial charge in [0, 0.05) is 20.1 Å². The molecule has 0 saturated carbocycles. The highest BCUT2D eigenvalue weighted by Gasteiger charge is 2.11. The number of allylic oxidation sites excluding steroid dienone is 1. The van der Waals surface area contributed by atoms with Crippen molar-refractivity contribution in [1.82, 2.24) is 5.32 Å². The minimum absolute atomic E-state index is 0.941. The van der Waals surface area contributed by atoms with E-state index in [0.29, 0.717) is 0 Å². The molecule has 1 saturated heterocycles. The van der Waals surface area contributed by atoms with Gasteiger partial charge in [0.2, 0.25) is 0 Å². The minimum Gasteiger partial charge on any atom is -0.307 e. The summed E-state index contributed by atoms with van der Waals surface area (Å²) >= 11 is 0. The van der Waals surface area contributed by atoms with Gasteiger partial charge in [-0.25, -0.2) is 0 Å². The zero-order valence-electron chi connectivity index (χ0n) is 5.94. The Labute approximate surface area is 55.7 Å². The van der Waals surface area contributed by atoms with Crippen molar-refractivity contribution in [2.75, 3.05) is 20.1 Å². The Morgan fingerprint density at radius 3 is 2.78 bits per heavy atom. The van der Waals surface area contributed by atoms with E-state index in [1.165, 1.54) is 11.3 Å². The van der Waals surface area contributed by atoms with Crippen LogP contribution in [0.2, 0.25) is 0 Å². The normalized spacial score (nSPS) is 28.2. The summed E-state index contributed by atoms with van der Waals surface area (Å²) in [6.45, 7) is 3.98. The molecule has 0 amide bonds. The van der Waals surface area contributed by atoms with Crippen molar-refractivity contribution >= 4 is 5.71 Å². The lowest BCUT2D eigenvalue weighted by Gasteiger charge is -1.91. The van der Waals surface area contributed by atoms with E-state index in [4.69, 9.17) is 0 Å². The number of aliphatic imine (C=N–C) groups is 1. The molecule has 1 aliphatic heterocycles. The van der Waals surface area contributed by atoms with Crippen molar-refractivity contribution in [2.45, 2.75) is 6.92 Å². The quantitative estimate of drug-likeness (QED) is 0.502. The SMILES string of the molecule is C/C=C1/CNC/C1=N/C. The van der Waals surface area contributed by atoms with E-state index < -0.39 is 0 Å². The summed E-state index contributed by atoms with van der Waals surface area (Å²) in [5, 5.41) is 3.23. The second-order valence-corrected chi connectivity index (χ2v) is 2.09. The van der Waals surface area contributed by atoms with Crippen LogP contribution < -0.4 is 5.32 Å². The van der Waals surface area contributed by atoms with Crippen LogP contribution in [0.1, 0.15) is 6.92 Å². The molecule has 2 heteroatoms. The zero-order chi connectivity index (χ0) is 6.69. The lowest BCUT2D eigenvalue weighted by molar-refractivity contribution is 0.906. The van der Waals surface area contributed by atoms with E-state index in [2.05, 4.69) is 16.4 Å². The van der Waals surface area contributed by atoms with Gasteiger partial charge in [-0.05, 0) is 12.5 Å². The summed E-state index contributed by atoms with van der Waals surface area (Å²) in [6, 6.07) is 0. The molecule has 0 radical (unpaired) electrons. The fourth-order valence-corrected chi connectivity index (χ4v) is 1.02. The van der Waals surface area contributed by atoms with Crippen molar-refractivity contribution in [1.29, 1.82) is 0 Å². The molecule has 1 N–H and O–H groups in total. The third-order valence-electron chi connectivity index (χ3n) is 1.60. The molecular formula is C7H12N2. The van der Waals surface area contributed by atoms with Crippen LogP contribution in [-0.2, 0) is 0 Å². The van der Waals surface area contributed by atoms with Gasteiger partial charge in [-0.3, -0.25) is 4.99 Å². The number of rotatable bonds is 0. The first kappa shape index (κ1) is 6.49. The van der Waals surface area contributed by atoms with Crippen molar-refractivity contribution < 1.29 is 0 Å². The van der Waals surface area contributed by atoms with Gasteiger partial charge in [0.1, 0.15) is 0 Å². The Morgan fingerprint density at radius 2 is 2.33 bits per heavy atom. The van der Waals surface area contributed by atoms with Gasteiger partial charge in [0.05, 0.1) is 5.71 Å². The van der Waals surface area contributed by atoms with Crippen LogP contribution in [0, 0.1) is 0 Å². The zero-order valence-corrected chi connectivity index (χ0v) is 5.94. The van der Waals surface area contributed by atoms with Gasteiger partial charge in [0.25, 0.3) is 0 Å². The van der Waals surface area contributed by atoms with Crippen LogP contribution in [0.15, 0.2) is 16.6 Å². The van der Waals surface area contributed by atoms with E-state index in [-0.39, 0.29) is 0 Å². The van der Waals surface area contributed by atoms with Crippen molar-refractivity contribution in [3.05, 3.63) is 11.6 Å². The fraction of sp³-hybridized carbons (Fsp3) is 0.571. The molecule has 1 heterocycles. The summed E-state index contributed by atoms with van der Waals surface area (Å²) in [5.74, 6) is 0. The third kappa shape index (κ3) is 1.19. The summed E-state index contributed by atoms with van der Waals surface area (Å²) in [5.41, 5.74) is 2.55. The second kappa shape index (κ2) is 2.78. The Balaban J connectivity index is 2.75. The van der Waals surface area contributed by atoms with Crippen LogP contribution in [0.25, 0.3) is 0 Å². The molecule has 0 unspecified atom stereocenters. The molecule has 0 aromatic heterocycles. The predicted octanol–water partition coefficient (Wildman–Crippen LogP) is 0.607. The van der Waals surface area contributed by atoms with Gasteiger partial charge >= 0.3 is 0 Å². The number of hydrogen-bond acceptors (Lipinski definition) is 2. The maximum atomic E-state index is 4.13. The first-order chi connectivity index (χ1) is 4.38. The lowest BCUT2D eigenvalue weighted by atomic mass is 10.2. The van der Waals surface area contributed by atoms with Crippen LogP contribution in [0.5, 0.6) is 0 Å². The van der Waals surface area contributed by atoms with Crippen LogP contribution in [0.3, 0.4) is 0 Å². The first-order valence-electron chi connectivity index (χ1n) is 3.20. The van der Waals surface area contributed by atoms with Gasteiger partial charge < -0.3 is 5.32 Å². The molecule has 9 heavy (non-hydrogen) atoms.